The molecule has 0 bridgehead atoms. The number of ether oxygens (including phenoxy) is 1. The third-order valence-electron chi connectivity index (χ3n) is 1.45. The van der Waals surface area contributed by atoms with Crippen molar-refractivity contribution in [2.24, 2.45) is 0 Å². The fourth-order valence-electron chi connectivity index (χ4n) is 0.792. The molecule has 1 rings (SSSR count). The van der Waals surface area contributed by atoms with Crippen LogP contribution >= 0.6 is 0 Å². The molecule has 11 heavy (non-hydrogen) atoms. The summed E-state index contributed by atoms with van der Waals surface area (Å²) in [5.41, 5.74) is 1.40. The normalized spacial score (nSPS) is 8.64. The van der Waals surface area contributed by atoms with Gasteiger partial charge in [-0.2, -0.15) is 0 Å². The summed E-state index contributed by atoms with van der Waals surface area (Å²) in [6.07, 6.45) is 0. The fraction of sp³-hybridized carbons (Fsp3) is 0.250. The molecule has 0 atom stereocenters. The fourth-order valence-corrected chi connectivity index (χ4v) is 1.49. The van der Waals surface area contributed by atoms with Gasteiger partial charge in [-0.05, 0) is 0 Å². The zero-order valence-corrected chi connectivity index (χ0v) is 10.2. The molecule has 0 aliphatic rings. The summed E-state index contributed by atoms with van der Waals surface area (Å²) >= 11 is 1.33. The van der Waals surface area contributed by atoms with Crippen LogP contribution in [0.5, 0.6) is 5.75 Å². The zero-order chi connectivity index (χ0) is 7.40. The van der Waals surface area contributed by atoms with Crippen molar-refractivity contribution in [2.45, 2.75) is 5.02 Å². The Morgan fingerprint density at radius 1 is 1.27 bits per heavy atom. The molecule has 0 N–H and O–H groups in total. The van der Waals surface area contributed by atoms with E-state index < -0.39 is 0 Å². The number of rotatable bonds is 2. The van der Waals surface area contributed by atoms with Crippen LogP contribution in [0.2, 0.25) is 0 Å². The summed E-state index contributed by atoms with van der Waals surface area (Å²) in [6.45, 7) is 0. The first kappa shape index (κ1) is 10.9. The van der Waals surface area contributed by atoms with Crippen molar-refractivity contribution in [2.75, 3.05) is 7.11 Å². The van der Waals surface area contributed by atoms with Gasteiger partial charge >= 0.3 is 70.7 Å². The van der Waals surface area contributed by atoms with Crippen molar-refractivity contribution >= 4 is 0 Å². The van der Waals surface area contributed by atoms with Gasteiger partial charge < -0.3 is 12.4 Å². The van der Waals surface area contributed by atoms with Crippen LogP contribution in [0, 0.1) is 0 Å². The first-order valence-electron chi connectivity index (χ1n) is 3.29. The van der Waals surface area contributed by atoms with E-state index in [-0.39, 0.29) is 12.4 Å². The van der Waals surface area contributed by atoms with Gasteiger partial charge in [-0.25, -0.2) is 0 Å². The maximum atomic E-state index is 5.02. The van der Waals surface area contributed by atoms with Gasteiger partial charge in [0.1, 0.15) is 0 Å². The molecular formula is C8H9ClOZn. The van der Waals surface area contributed by atoms with Crippen LogP contribution in [-0.4, -0.2) is 7.11 Å². The molecule has 0 fully saturated rings. The van der Waals surface area contributed by atoms with E-state index in [0.717, 1.165) is 5.75 Å². The summed E-state index contributed by atoms with van der Waals surface area (Å²) in [5, 5.41) is 1.21. The maximum absolute atomic E-state index is 5.02. The SMILES string of the molecule is COc1ccc([CH2][Zn+])cc1.[Cl-]. The maximum Gasteiger partial charge on any atom is -1.00 e. The molecule has 3 heteroatoms. The summed E-state index contributed by atoms with van der Waals surface area (Å²) in [4.78, 5) is 0. The average Bonchev–Trinajstić information content (AvgIpc) is 2.05. The molecule has 1 aromatic carbocycles. The Labute approximate surface area is 83.2 Å². The third kappa shape index (κ3) is 3.22. The molecule has 1 aromatic rings. The predicted molar refractivity (Wildman–Crippen MR) is 36.7 cm³/mol. The number of halogens is 1. The van der Waals surface area contributed by atoms with Crippen LogP contribution in [0.25, 0.3) is 0 Å². The van der Waals surface area contributed by atoms with Crippen molar-refractivity contribution in [3.05, 3.63) is 29.8 Å². The zero-order valence-electron chi connectivity index (χ0n) is 6.51. The van der Waals surface area contributed by atoms with Crippen LogP contribution in [0.4, 0.5) is 0 Å². The Morgan fingerprint density at radius 3 is 2.18 bits per heavy atom. The van der Waals surface area contributed by atoms with Gasteiger partial charge in [-0.1, -0.05) is 0 Å². The molecule has 0 radical (unpaired) electrons. The van der Waals surface area contributed by atoms with Crippen molar-refractivity contribution in [1.82, 2.24) is 0 Å². The Bertz CT molecular complexity index is 175. The van der Waals surface area contributed by atoms with Crippen LogP contribution < -0.4 is 17.1 Å². The van der Waals surface area contributed by atoms with Gasteiger partial charge in [0.05, 0.1) is 0 Å². The minimum Gasteiger partial charge on any atom is -1.00 e. The van der Waals surface area contributed by atoms with Gasteiger partial charge in [0.15, 0.2) is 0 Å². The van der Waals surface area contributed by atoms with E-state index in [9.17, 15) is 0 Å². The molecule has 0 heterocycles. The van der Waals surface area contributed by atoms with E-state index in [1.165, 1.54) is 28.9 Å². The predicted octanol–water partition coefficient (Wildman–Crippen LogP) is -1.25. The topological polar surface area (TPSA) is 9.23 Å². The second kappa shape index (κ2) is 5.57. The van der Waals surface area contributed by atoms with E-state index in [4.69, 9.17) is 4.74 Å². The van der Waals surface area contributed by atoms with Gasteiger partial charge in [0, 0.05) is 0 Å². The molecule has 0 aliphatic heterocycles. The Balaban J connectivity index is 0.000001000. The first-order chi connectivity index (χ1) is 4.86. The molecule has 0 unspecified atom stereocenters. The molecule has 0 amide bonds. The summed E-state index contributed by atoms with van der Waals surface area (Å²) in [5.74, 6) is 0.942. The summed E-state index contributed by atoms with van der Waals surface area (Å²) in [6, 6.07) is 8.24. The van der Waals surface area contributed by atoms with E-state index in [0.29, 0.717) is 0 Å². The molecule has 0 aromatic heterocycles. The van der Waals surface area contributed by atoms with Crippen molar-refractivity contribution in [3.63, 3.8) is 0 Å². The molecule has 0 spiro atoms. The first-order valence-corrected chi connectivity index (χ1v) is 5.39. The Hall–Kier alpha value is -0.0666. The van der Waals surface area contributed by atoms with Gasteiger partial charge in [-0.3, -0.25) is 0 Å². The molecule has 56 valence electrons. The van der Waals surface area contributed by atoms with Gasteiger partial charge in [0.2, 0.25) is 0 Å². The molecule has 0 aliphatic carbocycles. The van der Waals surface area contributed by atoms with E-state index >= 15 is 0 Å². The number of benzene rings is 1. The number of hydrogen-bond acceptors (Lipinski definition) is 1. The Morgan fingerprint density at radius 2 is 1.82 bits per heavy atom. The van der Waals surface area contributed by atoms with E-state index in [2.05, 4.69) is 12.1 Å². The van der Waals surface area contributed by atoms with Crippen LogP contribution in [0.3, 0.4) is 0 Å². The van der Waals surface area contributed by atoms with Crippen molar-refractivity contribution in [1.29, 1.82) is 0 Å². The van der Waals surface area contributed by atoms with E-state index in [1.807, 2.05) is 12.1 Å². The quantitative estimate of drug-likeness (QED) is 0.568. The van der Waals surface area contributed by atoms with Crippen LogP contribution in [-0.2, 0) is 23.3 Å². The number of hydrogen-bond donors (Lipinski definition) is 0. The van der Waals surface area contributed by atoms with E-state index in [1.54, 1.807) is 7.11 Å². The minimum absolute atomic E-state index is 0. The smallest absolute Gasteiger partial charge is 1.00 e. The standard InChI is InChI=1S/C8H9O.ClH.Zn/c1-7-3-5-8(9-2)6-4-7;;/h3-6H,1H2,2H3;1H;/q;;+1/p-1. The second-order valence-corrected chi connectivity index (χ2v) is 3.15. The van der Waals surface area contributed by atoms with Crippen molar-refractivity contribution < 1.29 is 35.4 Å². The van der Waals surface area contributed by atoms with Crippen LogP contribution in [0.1, 0.15) is 5.56 Å². The Kier molecular flexibility index (Phi) is 5.53. The second-order valence-electron chi connectivity index (χ2n) is 2.10. The van der Waals surface area contributed by atoms with Gasteiger partial charge in [0.25, 0.3) is 0 Å². The largest absolute Gasteiger partial charge is 1.00 e. The average molecular weight is 222 g/mol. The monoisotopic (exact) mass is 220 g/mol. The van der Waals surface area contributed by atoms with Crippen molar-refractivity contribution in [3.8, 4) is 5.75 Å². The number of methoxy groups -OCH3 is 1. The third-order valence-corrected chi connectivity index (χ3v) is 2.66. The summed E-state index contributed by atoms with van der Waals surface area (Å²) < 4.78 is 5.02. The molecular weight excluding hydrogens is 213 g/mol. The minimum atomic E-state index is 0. The van der Waals surface area contributed by atoms with Gasteiger partial charge in [-0.15, -0.1) is 0 Å². The molecule has 0 saturated carbocycles. The summed E-state index contributed by atoms with van der Waals surface area (Å²) in [7, 11) is 1.69. The molecule has 1 nitrogen and oxygen atoms in total. The van der Waals surface area contributed by atoms with Crippen LogP contribution in [0.15, 0.2) is 24.3 Å². The molecule has 0 saturated heterocycles.